The lowest BCUT2D eigenvalue weighted by atomic mass is 9.69. The van der Waals surface area contributed by atoms with Crippen molar-refractivity contribution in [3.05, 3.63) is 65.2 Å². The summed E-state index contributed by atoms with van der Waals surface area (Å²) >= 11 is 0. The van der Waals surface area contributed by atoms with E-state index in [1.54, 1.807) is 18.2 Å². The standard InChI is InChI=1S/C30H40O4/c1-4-5-6-7-8-9-13-16-26-23(21-14-11-10-12-15-21)20-25-28(33-26)24-19-22(29(31)32)17-18-27(24)34-30(25,2)3/h10-12,14-15,17-19,23,25-26,28H,4-9,13,16,20H2,1-3H3,(H,31,32)/t23-,25+,26+,28-/m1/s1. The van der Waals surface area contributed by atoms with Crippen LogP contribution < -0.4 is 4.74 Å². The lowest BCUT2D eigenvalue weighted by Crippen LogP contribution is -2.50. The van der Waals surface area contributed by atoms with Gasteiger partial charge in [0.15, 0.2) is 0 Å². The summed E-state index contributed by atoms with van der Waals surface area (Å²) in [4.78, 5) is 11.7. The molecule has 2 heterocycles. The molecule has 2 aliphatic heterocycles. The molecule has 0 bridgehead atoms. The molecule has 4 nitrogen and oxygen atoms in total. The Morgan fingerprint density at radius 1 is 1.00 bits per heavy atom. The molecule has 0 aromatic heterocycles. The average molecular weight is 465 g/mol. The van der Waals surface area contributed by atoms with Gasteiger partial charge in [0, 0.05) is 17.4 Å². The fourth-order valence-corrected chi connectivity index (χ4v) is 5.84. The molecule has 184 valence electrons. The van der Waals surface area contributed by atoms with Crippen molar-refractivity contribution in [1.29, 1.82) is 0 Å². The molecule has 4 rings (SSSR count). The predicted octanol–water partition coefficient (Wildman–Crippen LogP) is 7.93. The van der Waals surface area contributed by atoms with Gasteiger partial charge in [-0.1, -0.05) is 82.2 Å². The number of fused-ring (bicyclic) bond motifs is 3. The van der Waals surface area contributed by atoms with E-state index >= 15 is 0 Å². The molecule has 1 fully saturated rings. The zero-order valence-corrected chi connectivity index (χ0v) is 21.0. The number of ether oxygens (including phenoxy) is 2. The van der Waals surface area contributed by atoms with Crippen LogP contribution in [-0.4, -0.2) is 22.8 Å². The maximum atomic E-state index is 11.7. The minimum absolute atomic E-state index is 0.120. The summed E-state index contributed by atoms with van der Waals surface area (Å²) in [5.74, 6) is 0.306. The van der Waals surface area contributed by atoms with E-state index in [0.717, 1.165) is 24.2 Å². The topological polar surface area (TPSA) is 55.8 Å². The monoisotopic (exact) mass is 464 g/mol. The molecule has 1 N–H and O–H groups in total. The minimum Gasteiger partial charge on any atom is -0.487 e. The molecule has 2 aromatic rings. The van der Waals surface area contributed by atoms with Gasteiger partial charge in [0.2, 0.25) is 0 Å². The molecule has 0 radical (unpaired) electrons. The molecule has 4 atom stereocenters. The predicted molar refractivity (Wildman–Crippen MR) is 136 cm³/mol. The first-order valence-corrected chi connectivity index (χ1v) is 13.2. The van der Waals surface area contributed by atoms with E-state index in [-0.39, 0.29) is 23.7 Å². The van der Waals surface area contributed by atoms with E-state index < -0.39 is 5.97 Å². The number of benzene rings is 2. The number of aromatic carboxylic acids is 1. The maximum absolute atomic E-state index is 11.7. The van der Waals surface area contributed by atoms with Crippen molar-refractivity contribution in [1.82, 2.24) is 0 Å². The van der Waals surface area contributed by atoms with Crippen molar-refractivity contribution < 1.29 is 19.4 Å². The number of rotatable bonds is 10. The minimum atomic E-state index is -0.915. The highest BCUT2D eigenvalue weighted by Gasteiger charge is 2.50. The smallest absolute Gasteiger partial charge is 0.335 e. The SMILES string of the molecule is CCCCCCCCC[C@@H]1O[C@@H]2c3cc(C(=O)O)ccc3OC(C)(C)[C@H]2C[C@@H]1c1ccccc1. The lowest BCUT2D eigenvalue weighted by Gasteiger charge is -2.51. The van der Waals surface area contributed by atoms with Crippen LogP contribution in [0.15, 0.2) is 48.5 Å². The lowest BCUT2D eigenvalue weighted by molar-refractivity contribution is -0.160. The maximum Gasteiger partial charge on any atom is 0.335 e. The molecule has 2 aliphatic rings. The Labute approximate surface area is 204 Å². The van der Waals surface area contributed by atoms with Crippen LogP contribution in [0, 0.1) is 5.92 Å². The zero-order chi connectivity index (χ0) is 24.1. The van der Waals surface area contributed by atoms with Crippen molar-refractivity contribution in [2.45, 2.75) is 102 Å². The number of unbranched alkanes of at least 4 members (excludes halogenated alkanes) is 6. The first-order chi connectivity index (χ1) is 16.4. The summed E-state index contributed by atoms with van der Waals surface area (Å²) in [5.41, 5.74) is 2.12. The third-order valence-electron chi connectivity index (χ3n) is 7.79. The van der Waals surface area contributed by atoms with Crippen molar-refractivity contribution in [3.63, 3.8) is 0 Å². The molecule has 2 aromatic carbocycles. The first kappa shape index (κ1) is 24.8. The van der Waals surface area contributed by atoms with E-state index in [1.807, 2.05) is 0 Å². The highest BCUT2D eigenvalue weighted by atomic mass is 16.5. The van der Waals surface area contributed by atoms with Crippen LogP contribution >= 0.6 is 0 Å². The molecule has 4 heteroatoms. The summed E-state index contributed by atoms with van der Waals surface area (Å²) in [6.07, 6.45) is 11.0. The molecular formula is C30H40O4. The fraction of sp³-hybridized carbons (Fsp3) is 0.567. The normalized spacial score (nSPS) is 25.1. The highest BCUT2D eigenvalue weighted by molar-refractivity contribution is 5.88. The molecule has 0 aliphatic carbocycles. The highest BCUT2D eigenvalue weighted by Crippen LogP contribution is 2.54. The third kappa shape index (κ3) is 5.49. The van der Waals surface area contributed by atoms with Crippen LogP contribution in [0.2, 0.25) is 0 Å². The Hall–Kier alpha value is -2.33. The quantitative estimate of drug-likeness (QED) is 0.363. The summed E-state index contributed by atoms with van der Waals surface area (Å²) in [6.45, 7) is 6.54. The molecule has 1 saturated heterocycles. The van der Waals surface area contributed by atoms with E-state index in [9.17, 15) is 9.90 Å². The average Bonchev–Trinajstić information content (AvgIpc) is 2.83. The van der Waals surface area contributed by atoms with Gasteiger partial charge in [-0.15, -0.1) is 0 Å². The molecule has 0 unspecified atom stereocenters. The van der Waals surface area contributed by atoms with Crippen LogP contribution in [0.3, 0.4) is 0 Å². The summed E-state index contributed by atoms with van der Waals surface area (Å²) in [7, 11) is 0. The fourth-order valence-electron chi connectivity index (χ4n) is 5.84. The zero-order valence-electron chi connectivity index (χ0n) is 21.0. The summed E-state index contributed by atoms with van der Waals surface area (Å²) < 4.78 is 13.3. The van der Waals surface area contributed by atoms with Crippen molar-refractivity contribution >= 4 is 5.97 Å². The number of hydrogen-bond acceptors (Lipinski definition) is 3. The van der Waals surface area contributed by atoms with Gasteiger partial charge in [0.05, 0.1) is 17.8 Å². The molecule has 0 spiro atoms. The second-order valence-corrected chi connectivity index (χ2v) is 10.6. The summed E-state index contributed by atoms with van der Waals surface area (Å²) in [5, 5.41) is 9.57. The van der Waals surface area contributed by atoms with Crippen molar-refractivity contribution in [3.8, 4) is 5.75 Å². The molecule has 0 amide bonds. The molecule has 0 saturated carbocycles. The van der Waals surface area contributed by atoms with Crippen LogP contribution in [0.5, 0.6) is 5.75 Å². The first-order valence-electron chi connectivity index (χ1n) is 13.2. The number of carbonyl (C=O) groups is 1. The molecular weight excluding hydrogens is 424 g/mol. The van der Waals surface area contributed by atoms with Crippen molar-refractivity contribution in [2.75, 3.05) is 0 Å². The third-order valence-corrected chi connectivity index (χ3v) is 7.79. The van der Waals surface area contributed by atoms with Gasteiger partial charge >= 0.3 is 5.97 Å². The van der Waals surface area contributed by atoms with Gasteiger partial charge in [-0.25, -0.2) is 4.79 Å². The van der Waals surface area contributed by atoms with Gasteiger partial charge in [0.25, 0.3) is 0 Å². The number of carboxylic acid groups (broad SMARTS) is 1. The Bertz CT molecular complexity index is 952. The van der Waals surface area contributed by atoms with Gasteiger partial charge in [-0.05, 0) is 50.5 Å². The number of carboxylic acids is 1. The second kappa shape index (κ2) is 10.9. The Morgan fingerprint density at radius 2 is 1.71 bits per heavy atom. The van der Waals surface area contributed by atoms with Gasteiger partial charge < -0.3 is 14.6 Å². The van der Waals surface area contributed by atoms with Crippen LogP contribution in [0.25, 0.3) is 0 Å². The summed E-state index contributed by atoms with van der Waals surface area (Å²) in [6, 6.07) is 15.9. The van der Waals surface area contributed by atoms with E-state index in [2.05, 4.69) is 51.1 Å². The van der Waals surface area contributed by atoms with Gasteiger partial charge in [-0.3, -0.25) is 0 Å². The molecule has 34 heavy (non-hydrogen) atoms. The van der Waals surface area contributed by atoms with E-state index in [0.29, 0.717) is 11.5 Å². The van der Waals surface area contributed by atoms with Crippen LogP contribution in [0.1, 0.15) is 112 Å². The second-order valence-electron chi connectivity index (χ2n) is 10.6. The van der Waals surface area contributed by atoms with Crippen LogP contribution in [-0.2, 0) is 4.74 Å². The van der Waals surface area contributed by atoms with Gasteiger partial charge in [-0.2, -0.15) is 0 Å². The van der Waals surface area contributed by atoms with Crippen molar-refractivity contribution in [2.24, 2.45) is 5.92 Å². The largest absolute Gasteiger partial charge is 0.487 e. The van der Waals surface area contributed by atoms with Crippen LogP contribution in [0.4, 0.5) is 0 Å². The Morgan fingerprint density at radius 3 is 2.41 bits per heavy atom. The van der Waals surface area contributed by atoms with E-state index in [4.69, 9.17) is 9.47 Å². The number of hydrogen-bond donors (Lipinski definition) is 1. The Kier molecular flexibility index (Phi) is 7.98. The Balaban J connectivity index is 1.56. The van der Waals surface area contributed by atoms with E-state index in [1.165, 1.54) is 50.5 Å². The van der Waals surface area contributed by atoms with Gasteiger partial charge in [0.1, 0.15) is 11.4 Å².